The molecule has 7 heteroatoms. The molecule has 0 saturated carbocycles. The van der Waals surface area contributed by atoms with Crippen LogP contribution in [0.4, 0.5) is 5.82 Å². The zero-order valence-electron chi connectivity index (χ0n) is 10.1. The average molecular weight is 277 g/mol. The molecule has 0 unspecified atom stereocenters. The summed E-state index contributed by atoms with van der Waals surface area (Å²) in [6.07, 6.45) is 5.38. The van der Waals surface area contributed by atoms with Crippen LogP contribution in [0.1, 0.15) is 15.9 Å². The molecule has 6 nitrogen and oxygen atoms in total. The van der Waals surface area contributed by atoms with Crippen LogP contribution in [0.2, 0.25) is 0 Å². The summed E-state index contributed by atoms with van der Waals surface area (Å²) in [7, 11) is -3.50. The van der Waals surface area contributed by atoms with Gasteiger partial charge in [0, 0.05) is 24.2 Å². The first-order chi connectivity index (χ1) is 8.97. The van der Waals surface area contributed by atoms with Gasteiger partial charge in [-0.1, -0.05) is 0 Å². The van der Waals surface area contributed by atoms with Crippen LogP contribution >= 0.6 is 0 Å². The average Bonchev–Trinajstić information content (AvgIpc) is 2.38. The predicted molar refractivity (Wildman–Crippen MR) is 70.4 cm³/mol. The van der Waals surface area contributed by atoms with Crippen molar-refractivity contribution in [3.05, 3.63) is 54.0 Å². The zero-order chi connectivity index (χ0) is 13.9. The lowest BCUT2D eigenvalue weighted by Crippen LogP contribution is -2.15. The molecule has 0 atom stereocenters. The van der Waals surface area contributed by atoms with Crippen molar-refractivity contribution in [2.24, 2.45) is 0 Å². The fraction of sp³-hybridized carbons (Fsp3) is 0.0833. The van der Waals surface area contributed by atoms with E-state index in [9.17, 15) is 13.2 Å². The van der Waals surface area contributed by atoms with E-state index in [0.717, 1.165) is 6.26 Å². The summed E-state index contributed by atoms with van der Waals surface area (Å²) in [5.41, 5.74) is 0.549. The van der Waals surface area contributed by atoms with Gasteiger partial charge in [0.1, 0.15) is 0 Å². The number of nitrogens with zero attached hydrogens (tertiary/aromatic N) is 2. The first-order valence-electron chi connectivity index (χ1n) is 5.35. The van der Waals surface area contributed by atoms with E-state index < -0.39 is 10.0 Å². The molecule has 0 spiro atoms. The van der Waals surface area contributed by atoms with E-state index in [1.165, 1.54) is 18.5 Å². The van der Waals surface area contributed by atoms with Gasteiger partial charge in [0.2, 0.25) is 10.0 Å². The van der Waals surface area contributed by atoms with Crippen LogP contribution in [-0.4, -0.2) is 30.4 Å². The molecule has 0 amide bonds. The third-order valence-corrected chi connectivity index (χ3v) is 2.82. The highest BCUT2D eigenvalue weighted by atomic mass is 32.2. The summed E-state index contributed by atoms with van der Waals surface area (Å²) < 4.78 is 24.7. The third kappa shape index (κ3) is 3.35. The molecule has 19 heavy (non-hydrogen) atoms. The lowest BCUT2D eigenvalue weighted by molar-refractivity contribution is 0.103. The monoisotopic (exact) mass is 277 g/mol. The lowest BCUT2D eigenvalue weighted by Gasteiger charge is -2.08. The minimum absolute atomic E-state index is 0.0128. The SMILES string of the molecule is CS(=O)(=O)Nc1ncccc1C(=O)c1cccnc1. The minimum atomic E-state index is -3.50. The fourth-order valence-corrected chi connectivity index (χ4v) is 2.01. The summed E-state index contributed by atoms with van der Waals surface area (Å²) in [5.74, 6) is -0.328. The largest absolute Gasteiger partial charge is 0.288 e. The van der Waals surface area contributed by atoms with Crippen LogP contribution in [0.3, 0.4) is 0 Å². The van der Waals surface area contributed by atoms with E-state index in [0.29, 0.717) is 5.56 Å². The molecule has 0 aliphatic rings. The van der Waals surface area contributed by atoms with Crippen molar-refractivity contribution in [1.82, 2.24) is 9.97 Å². The molecule has 98 valence electrons. The van der Waals surface area contributed by atoms with Gasteiger partial charge < -0.3 is 0 Å². The van der Waals surface area contributed by atoms with E-state index in [1.54, 1.807) is 24.4 Å². The van der Waals surface area contributed by atoms with Crippen molar-refractivity contribution >= 4 is 21.6 Å². The summed E-state index contributed by atoms with van der Waals surface area (Å²) in [5, 5.41) is 0. The van der Waals surface area contributed by atoms with Gasteiger partial charge in [0.15, 0.2) is 11.6 Å². The standard InChI is InChI=1S/C12H11N3O3S/c1-19(17,18)15-12-10(5-3-7-14-12)11(16)9-4-2-6-13-8-9/h2-8H,1H3,(H,14,15). The summed E-state index contributed by atoms with van der Waals surface area (Å²) in [4.78, 5) is 20.0. The summed E-state index contributed by atoms with van der Waals surface area (Å²) in [6, 6.07) is 6.31. The zero-order valence-corrected chi connectivity index (χ0v) is 10.9. The molecule has 0 aliphatic heterocycles. The second-order valence-electron chi connectivity index (χ2n) is 3.84. The molecule has 2 rings (SSSR count). The maximum absolute atomic E-state index is 12.2. The molecule has 0 fully saturated rings. The van der Waals surface area contributed by atoms with Crippen molar-refractivity contribution < 1.29 is 13.2 Å². The highest BCUT2D eigenvalue weighted by Crippen LogP contribution is 2.17. The van der Waals surface area contributed by atoms with Crippen LogP contribution in [0, 0.1) is 0 Å². The quantitative estimate of drug-likeness (QED) is 0.845. The van der Waals surface area contributed by atoms with Gasteiger partial charge >= 0.3 is 0 Å². The molecular weight excluding hydrogens is 266 g/mol. The van der Waals surface area contributed by atoms with E-state index >= 15 is 0 Å². The van der Waals surface area contributed by atoms with Crippen molar-refractivity contribution in [1.29, 1.82) is 0 Å². The smallest absolute Gasteiger partial charge is 0.230 e. The second kappa shape index (κ2) is 5.15. The lowest BCUT2D eigenvalue weighted by atomic mass is 10.1. The maximum Gasteiger partial charge on any atom is 0.230 e. The van der Waals surface area contributed by atoms with E-state index in [4.69, 9.17) is 0 Å². The Labute approximate surface area is 110 Å². The van der Waals surface area contributed by atoms with Crippen molar-refractivity contribution in [2.45, 2.75) is 0 Å². The first kappa shape index (κ1) is 13.2. The van der Waals surface area contributed by atoms with Crippen LogP contribution in [0.25, 0.3) is 0 Å². The van der Waals surface area contributed by atoms with Gasteiger partial charge in [-0.2, -0.15) is 0 Å². The molecular formula is C12H11N3O3S. The number of nitrogens with one attached hydrogen (secondary N) is 1. The Morgan fingerprint density at radius 3 is 2.58 bits per heavy atom. The number of anilines is 1. The number of pyridine rings is 2. The normalized spacial score (nSPS) is 11.0. The third-order valence-electron chi connectivity index (χ3n) is 2.26. The van der Waals surface area contributed by atoms with Crippen LogP contribution in [-0.2, 0) is 10.0 Å². The van der Waals surface area contributed by atoms with E-state index in [-0.39, 0.29) is 17.2 Å². The number of hydrogen-bond acceptors (Lipinski definition) is 5. The number of carbonyl (C=O) groups is 1. The molecule has 2 aromatic rings. The Bertz CT molecular complexity index is 699. The van der Waals surface area contributed by atoms with E-state index in [2.05, 4.69) is 14.7 Å². The fourth-order valence-electron chi connectivity index (χ4n) is 1.50. The van der Waals surface area contributed by atoms with Gasteiger partial charge in [-0.3, -0.25) is 14.5 Å². The Balaban J connectivity index is 2.43. The number of ketones is 1. The van der Waals surface area contributed by atoms with Gasteiger partial charge in [0.25, 0.3) is 0 Å². The Morgan fingerprint density at radius 1 is 1.21 bits per heavy atom. The van der Waals surface area contributed by atoms with Crippen molar-refractivity contribution in [3.8, 4) is 0 Å². The molecule has 0 bridgehead atoms. The molecule has 0 radical (unpaired) electrons. The number of carbonyl (C=O) groups excluding carboxylic acids is 1. The van der Waals surface area contributed by atoms with Crippen molar-refractivity contribution in [2.75, 3.05) is 11.0 Å². The second-order valence-corrected chi connectivity index (χ2v) is 5.59. The molecule has 0 aromatic carbocycles. The van der Waals surface area contributed by atoms with E-state index in [1.807, 2.05) is 0 Å². The molecule has 1 N–H and O–H groups in total. The highest BCUT2D eigenvalue weighted by molar-refractivity contribution is 7.92. The predicted octanol–water partition coefficient (Wildman–Crippen LogP) is 1.08. The highest BCUT2D eigenvalue weighted by Gasteiger charge is 2.16. The van der Waals surface area contributed by atoms with Gasteiger partial charge in [0.05, 0.1) is 11.8 Å². The maximum atomic E-state index is 12.2. The molecule has 0 aliphatic carbocycles. The summed E-state index contributed by atoms with van der Waals surface area (Å²) in [6.45, 7) is 0. The Kier molecular flexibility index (Phi) is 3.57. The van der Waals surface area contributed by atoms with Crippen LogP contribution in [0.15, 0.2) is 42.9 Å². The number of hydrogen-bond donors (Lipinski definition) is 1. The number of rotatable bonds is 4. The molecule has 2 aromatic heterocycles. The van der Waals surface area contributed by atoms with Gasteiger partial charge in [-0.15, -0.1) is 0 Å². The van der Waals surface area contributed by atoms with Crippen LogP contribution < -0.4 is 4.72 Å². The van der Waals surface area contributed by atoms with Gasteiger partial charge in [-0.25, -0.2) is 13.4 Å². The molecule has 0 saturated heterocycles. The number of aromatic nitrogens is 2. The number of sulfonamides is 1. The Morgan fingerprint density at radius 2 is 1.95 bits per heavy atom. The van der Waals surface area contributed by atoms with Gasteiger partial charge in [-0.05, 0) is 24.3 Å². The first-order valence-corrected chi connectivity index (χ1v) is 7.24. The Hall–Kier alpha value is -2.28. The summed E-state index contributed by atoms with van der Waals surface area (Å²) >= 11 is 0. The molecule has 2 heterocycles. The minimum Gasteiger partial charge on any atom is -0.288 e. The topological polar surface area (TPSA) is 89.0 Å². The van der Waals surface area contributed by atoms with Crippen molar-refractivity contribution in [3.63, 3.8) is 0 Å². The van der Waals surface area contributed by atoms with Crippen LogP contribution in [0.5, 0.6) is 0 Å².